The van der Waals surface area contributed by atoms with E-state index < -0.39 is 5.41 Å². The van der Waals surface area contributed by atoms with E-state index in [1.807, 2.05) is 26.0 Å². The minimum atomic E-state index is -0.398. The highest BCUT2D eigenvalue weighted by atomic mass is 16.5. The first-order valence-corrected chi connectivity index (χ1v) is 4.72. The summed E-state index contributed by atoms with van der Waals surface area (Å²) in [5, 5.41) is 0. The Morgan fingerprint density at radius 1 is 1.43 bits per heavy atom. The molecule has 0 spiro atoms. The highest BCUT2D eigenvalue weighted by molar-refractivity contribution is 5.69. The number of aldehydes is 1. The van der Waals surface area contributed by atoms with E-state index in [0.29, 0.717) is 6.42 Å². The number of unbranched alkanes of at least 4 members (excludes halogenated alkanes) is 1. The maximum atomic E-state index is 10.7. The summed E-state index contributed by atoms with van der Waals surface area (Å²) in [4.78, 5) is 21.2. The average Bonchev–Trinajstić information content (AvgIpc) is 2.17. The fourth-order valence-corrected chi connectivity index (χ4v) is 0.893. The van der Waals surface area contributed by atoms with Crippen LogP contribution in [0, 0.1) is 5.41 Å². The first-order chi connectivity index (χ1) is 6.52. The van der Waals surface area contributed by atoms with Crippen LogP contribution in [0.15, 0.2) is 12.2 Å². The molecule has 0 fully saturated rings. The minimum absolute atomic E-state index is 0.187. The third kappa shape index (κ3) is 6.40. The number of allylic oxidation sites excluding steroid dienone is 2. The molecule has 0 saturated carbocycles. The maximum Gasteiger partial charge on any atom is 0.305 e. The molecule has 0 aliphatic heterocycles. The number of carbonyl (C=O) groups is 2. The van der Waals surface area contributed by atoms with Crippen molar-refractivity contribution in [3.63, 3.8) is 0 Å². The second kappa shape index (κ2) is 6.35. The second-order valence-electron chi connectivity index (χ2n) is 3.81. The number of hydrogen-bond donors (Lipinski definition) is 0. The summed E-state index contributed by atoms with van der Waals surface area (Å²) in [7, 11) is 1.38. The van der Waals surface area contributed by atoms with Crippen molar-refractivity contribution >= 4 is 12.3 Å². The summed E-state index contributed by atoms with van der Waals surface area (Å²) in [5.74, 6) is -0.187. The largest absolute Gasteiger partial charge is 0.469 e. The number of methoxy groups -OCH3 is 1. The molecule has 0 saturated heterocycles. The van der Waals surface area contributed by atoms with Crippen LogP contribution >= 0.6 is 0 Å². The highest BCUT2D eigenvalue weighted by Crippen LogP contribution is 2.13. The van der Waals surface area contributed by atoms with Crippen molar-refractivity contribution in [2.75, 3.05) is 7.11 Å². The third-order valence-corrected chi connectivity index (χ3v) is 1.83. The number of hydrogen-bond acceptors (Lipinski definition) is 3. The summed E-state index contributed by atoms with van der Waals surface area (Å²) in [6.07, 6.45) is 6.69. The zero-order chi connectivity index (χ0) is 11.0. The second-order valence-corrected chi connectivity index (χ2v) is 3.81. The lowest BCUT2D eigenvalue weighted by Gasteiger charge is -2.08. The van der Waals surface area contributed by atoms with Crippen LogP contribution in [0.25, 0.3) is 0 Å². The summed E-state index contributed by atoms with van der Waals surface area (Å²) in [5.41, 5.74) is -0.398. The Morgan fingerprint density at radius 2 is 2.07 bits per heavy atom. The summed E-state index contributed by atoms with van der Waals surface area (Å²) in [6.45, 7) is 3.69. The van der Waals surface area contributed by atoms with E-state index in [4.69, 9.17) is 0 Å². The smallest absolute Gasteiger partial charge is 0.305 e. The van der Waals surface area contributed by atoms with Crippen molar-refractivity contribution in [3.8, 4) is 0 Å². The van der Waals surface area contributed by atoms with Gasteiger partial charge >= 0.3 is 5.97 Å². The zero-order valence-corrected chi connectivity index (χ0v) is 9.08. The molecule has 0 aliphatic rings. The molecule has 14 heavy (non-hydrogen) atoms. The maximum absolute atomic E-state index is 10.7. The number of esters is 1. The Hall–Kier alpha value is -1.12. The van der Waals surface area contributed by atoms with Crippen molar-refractivity contribution in [1.82, 2.24) is 0 Å². The Bertz CT molecular complexity index is 217. The Labute approximate surface area is 85.1 Å². The Kier molecular flexibility index (Phi) is 5.84. The van der Waals surface area contributed by atoms with Gasteiger partial charge in [0, 0.05) is 11.8 Å². The standard InChI is InChI=1S/C11H18O3/c1-11(2,9-12)8-6-4-5-7-10(13)14-3/h6,8-9H,4-5,7H2,1-3H3. The van der Waals surface area contributed by atoms with E-state index in [9.17, 15) is 9.59 Å². The van der Waals surface area contributed by atoms with Crippen molar-refractivity contribution in [3.05, 3.63) is 12.2 Å². The fourth-order valence-electron chi connectivity index (χ4n) is 0.893. The van der Waals surface area contributed by atoms with Gasteiger partial charge in [-0.1, -0.05) is 12.2 Å². The molecule has 0 atom stereocenters. The summed E-state index contributed by atoms with van der Waals surface area (Å²) in [6, 6.07) is 0. The molecule has 3 heteroatoms. The zero-order valence-electron chi connectivity index (χ0n) is 9.08. The average molecular weight is 198 g/mol. The van der Waals surface area contributed by atoms with Crippen LogP contribution in [0.1, 0.15) is 33.1 Å². The fraction of sp³-hybridized carbons (Fsp3) is 0.636. The van der Waals surface area contributed by atoms with Crippen LogP contribution < -0.4 is 0 Å². The van der Waals surface area contributed by atoms with Crippen molar-refractivity contribution in [2.45, 2.75) is 33.1 Å². The number of carbonyl (C=O) groups excluding carboxylic acids is 2. The lowest BCUT2D eigenvalue weighted by atomic mass is 9.95. The summed E-state index contributed by atoms with van der Waals surface area (Å²) >= 11 is 0. The molecular weight excluding hydrogens is 180 g/mol. The van der Waals surface area contributed by atoms with Gasteiger partial charge in [0.25, 0.3) is 0 Å². The van der Waals surface area contributed by atoms with Crippen LogP contribution in [0.5, 0.6) is 0 Å². The predicted molar refractivity (Wildman–Crippen MR) is 54.9 cm³/mol. The van der Waals surface area contributed by atoms with Crippen LogP contribution in [-0.4, -0.2) is 19.4 Å². The van der Waals surface area contributed by atoms with Crippen molar-refractivity contribution < 1.29 is 14.3 Å². The highest BCUT2D eigenvalue weighted by Gasteiger charge is 2.10. The van der Waals surface area contributed by atoms with Gasteiger partial charge in [-0.3, -0.25) is 4.79 Å². The molecular formula is C11H18O3. The molecule has 0 amide bonds. The molecule has 80 valence electrons. The van der Waals surface area contributed by atoms with Gasteiger partial charge in [-0.05, 0) is 26.7 Å². The van der Waals surface area contributed by atoms with E-state index in [1.54, 1.807) is 0 Å². The van der Waals surface area contributed by atoms with Gasteiger partial charge < -0.3 is 9.53 Å². The SMILES string of the molecule is COC(=O)CCCC=CC(C)(C)C=O. The molecule has 0 N–H and O–H groups in total. The quantitative estimate of drug-likeness (QED) is 0.284. The third-order valence-electron chi connectivity index (χ3n) is 1.83. The Balaban J connectivity index is 3.64. The van der Waals surface area contributed by atoms with Gasteiger partial charge in [-0.2, -0.15) is 0 Å². The molecule has 0 aromatic heterocycles. The van der Waals surface area contributed by atoms with Gasteiger partial charge in [0.2, 0.25) is 0 Å². The minimum Gasteiger partial charge on any atom is -0.469 e. The van der Waals surface area contributed by atoms with Gasteiger partial charge in [-0.25, -0.2) is 0 Å². The van der Waals surface area contributed by atoms with E-state index in [2.05, 4.69) is 4.74 Å². The molecule has 0 aromatic rings. The molecule has 0 radical (unpaired) electrons. The van der Waals surface area contributed by atoms with Crippen LogP contribution in [0.2, 0.25) is 0 Å². The molecule has 0 aromatic carbocycles. The van der Waals surface area contributed by atoms with E-state index >= 15 is 0 Å². The number of rotatable bonds is 6. The monoisotopic (exact) mass is 198 g/mol. The van der Waals surface area contributed by atoms with E-state index in [1.165, 1.54) is 7.11 Å². The topological polar surface area (TPSA) is 43.4 Å². The molecule has 3 nitrogen and oxygen atoms in total. The van der Waals surface area contributed by atoms with Crippen molar-refractivity contribution in [2.24, 2.45) is 5.41 Å². The lowest BCUT2D eigenvalue weighted by Crippen LogP contribution is -2.07. The normalized spacial score (nSPS) is 11.6. The van der Waals surface area contributed by atoms with Crippen LogP contribution in [0.3, 0.4) is 0 Å². The first kappa shape index (κ1) is 12.9. The van der Waals surface area contributed by atoms with Gasteiger partial charge in [0.05, 0.1) is 7.11 Å². The predicted octanol–water partition coefficient (Wildman–Crippen LogP) is 2.11. The van der Waals surface area contributed by atoms with Crippen molar-refractivity contribution in [1.29, 1.82) is 0 Å². The van der Waals surface area contributed by atoms with Gasteiger partial charge in [0.1, 0.15) is 6.29 Å². The molecule has 0 heterocycles. The molecule has 0 unspecified atom stereocenters. The first-order valence-electron chi connectivity index (χ1n) is 4.72. The summed E-state index contributed by atoms with van der Waals surface area (Å²) < 4.78 is 4.50. The van der Waals surface area contributed by atoms with E-state index in [-0.39, 0.29) is 5.97 Å². The van der Waals surface area contributed by atoms with Gasteiger partial charge in [0.15, 0.2) is 0 Å². The molecule has 0 aliphatic carbocycles. The van der Waals surface area contributed by atoms with E-state index in [0.717, 1.165) is 19.1 Å². The Morgan fingerprint density at radius 3 is 2.57 bits per heavy atom. The number of ether oxygens (including phenoxy) is 1. The molecule has 0 bridgehead atoms. The van der Waals surface area contributed by atoms with Crippen LogP contribution in [-0.2, 0) is 14.3 Å². The van der Waals surface area contributed by atoms with Gasteiger partial charge in [-0.15, -0.1) is 0 Å². The lowest BCUT2D eigenvalue weighted by molar-refractivity contribution is -0.140. The van der Waals surface area contributed by atoms with Crippen LogP contribution in [0.4, 0.5) is 0 Å². The molecule has 0 rings (SSSR count).